The zero-order valence-corrected chi connectivity index (χ0v) is 11.7. The Labute approximate surface area is 121 Å². The molecule has 2 aromatic rings. The molecule has 0 saturated heterocycles. The highest BCUT2D eigenvalue weighted by Gasteiger charge is 2.29. The van der Waals surface area contributed by atoms with E-state index in [-0.39, 0.29) is 0 Å². The second-order valence-corrected chi connectivity index (χ2v) is 4.81. The highest BCUT2D eigenvalue weighted by molar-refractivity contribution is 5.82. The van der Waals surface area contributed by atoms with Gasteiger partial charge in [-0.2, -0.15) is 18.3 Å². The Morgan fingerprint density at radius 3 is 2.29 bits per heavy atom. The van der Waals surface area contributed by atoms with Gasteiger partial charge in [0.15, 0.2) is 0 Å². The van der Waals surface area contributed by atoms with E-state index in [1.54, 1.807) is 6.21 Å². The first-order chi connectivity index (χ1) is 9.86. The number of alkyl halides is 3. The smallest absolute Gasteiger partial charge is 0.279 e. The predicted molar refractivity (Wildman–Crippen MR) is 78.6 cm³/mol. The van der Waals surface area contributed by atoms with Crippen molar-refractivity contribution in [3.63, 3.8) is 0 Å². The fraction of sp³-hybridized carbons (Fsp3) is 0.188. The third-order valence-corrected chi connectivity index (χ3v) is 3.04. The first kappa shape index (κ1) is 15.1. The maximum Gasteiger partial charge on any atom is 0.416 e. The molecule has 0 unspecified atom stereocenters. The average molecular weight is 292 g/mol. The molecule has 2 rings (SSSR count). The molecule has 0 atom stereocenters. The van der Waals surface area contributed by atoms with E-state index in [0.717, 1.165) is 28.8 Å². The van der Waals surface area contributed by atoms with Crippen LogP contribution >= 0.6 is 0 Å². The molecule has 21 heavy (non-hydrogen) atoms. The normalized spacial score (nSPS) is 11.9. The van der Waals surface area contributed by atoms with Crippen LogP contribution in [0, 0.1) is 13.8 Å². The van der Waals surface area contributed by atoms with Crippen molar-refractivity contribution in [1.29, 1.82) is 0 Å². The van der Waals surface area contributed by atoms with Crippen LogP contribution < -0.4 is 5.43 Å². The van der Waals surface area contributed by atoms with E-state index in [1.807, 2.05) is 32.0 Å². The molecule has 1 N–H and O–H groups in total. The van der Waals surface area contributed by atoms with Crippen molar-refractivity contribution >= 4 is 11.9 Å². The van der Waals surface area contributed by atoms with Crippen molar-refractivity contribution < 1.29 is 13.2 Å². The van der Waals surface area contributed by atoms with Crippen LogP contribution in [0.4, 0.5) is 18.9 Å². The van der Waals surface area contributed by atoms with Gasteiger partial charge < -0.3 is 0 Å². The molecule has 0 aliphatic carbocycles. The van der Waals surface area contributed by atoms with Crippen molar-refractivity contribution in [2.45, 2.75) is 20.0 Å². The molecule has 0 heterocycles. The molecule has 0 amide bonds. The maximum atomic E-state index is 12.4. The fourth-order valence-corrected chi connectivity index (χ4v) is 1.81. The number of benzene rings is 2. The number of hydrogen-bond acceptors (Lipinski definition) is 2. The number of anilines is 1. The van der Waals surface area contributed by atoms with Crippen LogP contribution in [0.25, 0.3) is 0 Å². The average Bonchev–Trinajstić information content (AvgIpc) is 2.42. The standard InChI is InChI=1S/C16H15F3N2/c1-11-3-4-12(2)13(9-11)10-20-21-15-7-5-14(6-8-15)16(17,18)19/h3-10,21H,1-2H3/b20-10-. The molecule has 0 saturated carbocycles. The van der Waals surface area contributed by atoms with E-state index in [2.05, 4.69) is 10.5 Å². The number of hydrazone groups is 1. The molecule has 5 heteroatoms. The van der Waals surface area contributed by atoms with E-state index >= 15 is 0 Å². The van der Waals surface area contributed by atoms with Gasteiger partial charge in [-0.15, -0.1) is 0 Å². The van der Waals surface area contributed by atoms with Crippen molar-refractivity contribution in [3.05, 3.63) is 64.7 Å². The van der Waals surface area contributed by atoms with E-state index in [0.29, 0.717) is 5.69 Å². The molecule has 0 aromatic heterocycles. The Balaban J connectivity index is 2.06. The number of rotatable bonds is 3. The minimum absolute atomic E-state index is 0.504. The van der Waals surface area contributed by atoms with Crippen molar-refractivity contribution in [2.24, 2.45) is 5.10 Å². The Kier molecular flexibility index (Phi) is 4.31. The van der Waals surface area contributed by atoms with E-state index in [4.69, 9.17) is 0 Å². The van der Waals surface area contributed by atoms with Crippen LogP contribution in [0.15, 0.2) is 47.6 Å². The van der Waals surface area contributed by atoms with Crippen molar-refractivity contribution in [2.75, 3.05) is 5.43 Å². The largest absolute Gasteiger partial charge is 0.416 e. The highest BCUT2D eigenvalue weighted by Crippen LogP contribution is 2.29. The number of hydrogen-bond donors (Lipinski definition) is 1. The number of nitrogens with one attached hydrogen (secondary N) is 1. The summed E-state index contributed by atoms with van der Waals surface area (Å²) < 4.78 is 37.3. The van der Waals surface area contributed by atoms with Gasteiger partial charge in [0.2, 0.25) is 0 Å². The van der Waals surface area contributed by atoms with Crippen LogP contribution in [0.5, 0.6) is 0 Å². The van der Waals surface area contributed by atoms with Gasteiger partial charge in [0.25, 0.3) is 0 Å². The summed E-state index contributed by atoms with van der Waals surface area (Å²) in [6.07, 6.45) is -2.67. The number of aryl methyl sites for hydroxylation is 2. The summed E-state index contributed by atoms with van der Waals surface area (Å²) in [6.45, 7) is 3.96. The highest BCUT2D eigenvalue weighted by atomic mass is 19.4. The van der Waals surface area contributed by atoms with Gasteiger partial charge in [-0.05, 0) is 49.2 Å². The van der Waals surface area contributed by atoms with Crippen LogP contribution in [-0.2, 0) is 6.18 Å². The lowest BCUT2D eigenvalue weighted by molar-refractivity contribution is -0.137. The SMILES string of the molecule is Cc1ccc(C)c(/C=N\Nc2ccc(C(F)(F)F)cc2)c1. The Hall–Kier alpha value is -2.30. The van der Waals surface area contributed by atoms with E-state index in [1.165, 1.54) is 12.1 Å². The van der Waals surface area contributed by atoms with Crippen molar-refractivity contribution in [1.82, 2.24) is 0 Å². The Bertz CT molecular complexity index is 644. The molecule has 0 aliphatic rings. The molecule has 0 spiro atoms. The van der Waals surface area contributed by atoms with Gasteiger partial charge in [0.1, 0.15) is 0 Å². The Morgan fingerprint density at radius 1 is 1.00 bits per heavy atom. The quantitative estimate of drug-likeness (QED) is 0.639. The fourth-order valence-electron chi connectivity index (χ4n) is 1.81. The predicted octanol–water partition coefficient (Wildman–Crippen LogP) is 4.77. The van der Waals surface area contributed by atoms with Gasteiger partial charge in [-0.25, -0.2) is 0 Å². The monoisotopic (exact) mass is 292 g/mol. The van der Waals surface area contributed by atoms with Crippen molar-refractivity contribution in [3.8, 4) is 0 Å². The zero-order chi connectivity index (χ0) is 15.5. The second kappa shape index (κ2) is 5.99. The molecule has 0 fully saturated rings. The molecular formula is C16H15F3N2. The van der Waals surface area contributed by atoms with Crippen LogP contribution in [0.3, 0.4) is 0 Å². The van der Waals surface area contributed by atoms with Gasteiger partial charge in [-0.1, -0.05) is 23.8 Å². The lowest BCUT2D eigenvalue weighted by atomic mass is 10.1. The van der Waals surface area contributed by atoms with E-state index in [9.17, 15) is 13.2 Å². The second-order valence-electron chi connectivity index (χ2n) is 4.81. The third kappa shape index (κ3) is 4.08. The maximum absolute atomic E-state index is 12.4. The topological polar surface area (TPSA) is 24.4 Å². The lowest BCUT2D eigenvalue weighted by Crippen LogP contribution is -2.04. The van der Waals surface area contributed by atoms with Gasteiger partial charge in [0, 0.05) is 0 Å². The summed E-state index contributed by atoms with van der Waals surface area (Å²) in [5.74, 6) is 0. The zero-order valence-electron chi connectivity index (χ0n) is 11.7. The molecule has 0 radical (unpaired) electrons. The summed E-state index contributed by atoms with van der Waals surface area (Å²) in [7, 11) is 0. The first-order valence-electron chi connectivity index (χ1n) is 6.40. The molecule has 0 bridgehead atoms. The summed E-state index contributed by atoms with van der Waals surface area (Å²) in [5, 5.41) is 4.05. The summed E-state index contributed by atoms with van der Waals surface area (Å²) in [6, 6.07) is 10.7. The molecule has 2 aromatic carbocycles. The van der Waals surface area contributed by atoms with E-state index < -0.39 is 11.7 Å². The molecule has 0 aliphatic heterocycles. The summed E-state index contributed by atoms with van der Waals surface area (Å²) in [5.41, 5.74) is 5.72. The van der Waals surface area contributed by atoms with Crippen LogP contribution in [-0.4, -0.2) is 6.21 Å². The van der Waals surface area contributed by atoms with Gasteiger partial charge in [0.05, 0.1) is 17.5 Å². The van der Waals surface area contributed by atoms with Crippen LogP contribution in [0.2, 0.25) is 0 Å². The molecule has 2 nitrogen and oxygen atoms in total. The van der Waals surface area contributed by atoms with Gasteiger partial charge >= 0.3 is 6.18 Å². The molecule has 110 valence electrons. The van der Waals surface area contributed by atoms with Crippen LogP contribution in [0.1, 0.15) is 22.3 Å². The summed E-state index contributed by atoms with van der Waals surface area (Å²) in [4.78, 5) is 0. The summed E-state index contributed by atoms with van der Waals surface area (Å²) >= 11 is 0. The Morgan fingerprint density at radius 2 is 1.67 bits per heavy atom. The third-order valence-electron chi connectivity index (χ3n) is 3.04. The lowest BCUT2D eigenvalue weighted by Gasteiger charge is -2.07. The molecular weight excluding hydrogens is 277 g/mol. The number of halogens is 3. The minimum atomic E-state index is -4.32. The minimum Gasteiger partial charge on any atom is -0.279 e. The van der Waals surface area contributed by atoms with Gasteiger partial charge in [-0.3, -0.25) is 5.43 Å². The first-order valence-corrected chi connectivity index (χ1v) is 6.40. The number of nitrogens with zero attached hydrogens (tertiary/aromatic N) is 1.